The molecule has 2 atom stereocenters. The van der Waals surface area contributed by atoms with E-state index in [1.165, 1.54) is 0 Å². The number of carbonyl (C=O) groups excluding carboxylic acids is 2. The van der Waals surface area contributed by atoms with E-state index in [1.807, 2.05) is 0 Å². The number of hydrogen-bond donors (Lipinski definition) is 4. The first kappa shape index (κ1) is 23.4. The molecular formula is C19H34N2O6. The van der Waals surface area contributed by atoms with Crippen LogP contribution in [0, 0.1) is 11.3 Å². The number of amides is 2. The Labute approximate surface area is 161 Å². The summed E-state index contributed by atoms with van der Waals surface area (Å²) in [6.45, 7) is 7.70. The highest BCUT2D eigenvalue weighted by Crippen LogP contribution is 2.36. The molecule has 156 valence electrons. The lowest BCUT2D eigenvalue weighted by molar-refractivity contribution is -0.138. The number of hydrogen-bond acceptors (Lipinski definition) is 5. The van der Waals surface area contributed by atoms with Crippen LogP contribution in [0.4, 0.5) is 0 Å². The zero-order chi connectivity index (χ0) is 20.6. The summed E-state index contributed by atoms with van der Waals surface area (Å²) in [5.74, 6) is -2.02. The van der Waals surface area contributed by atoms with Crippen molar-refractivity contribution in [1.82, 2.24) is 10.6 Å². The Hall–Kier alpha value is -1.67. The average Bonchev–Trinajstić information content (AvgIpc) is 2.59. The molecule has 8 heteroatoms. The minimum Gasteiger partial charge on any atom is -0.481 e. The van der Waals surface area contributed by atoms with Gasteiger partial charge in [-0.1, -0.05) is 20.8 Å². The molecule has 2 amide bonds. The Morgan fingerprint density at radius 3 is 2.26 bits per heavy atom. The van der Waals surface area contributed by atoms with Crippen LogP contribution in [0.1, 0.15) is 59.8 Å². The van der Waals surface area contributed by atoms with Crippen LogP contribution in [-0.4, -0.2) is 59.4 Å². The smallest absolute Gasteiger partial charge is 0.305 e. The number of rotatable bonds is 10. The summed E-state index contributed by atoms with van der Waals surface area (Å²) < 4.78 is 5.94. The summed E-state index contributed by atoms with van der Waals surface area (Å²) in [5, 5.41) is 23.6. The zero-order valence-corrected chi connectivity index (χ0v) is 16.8. The molecule has 0 aromatic heterocycles. The first-order valence-electron chi connectivity index (χ1n) is 9.63. The maximum absolute atomic E-state index is 12.5. The number of carboxylic acids is 1. The summed E-state index contributed by atoms with van der Waals surface area (Å²) in [6, 6.07) is -0.897. The second-order valence-corrected chi connectivity index (χ2v) is 8.13. The maximum atomic E-state index is 12.5. The van der Waals surface area contributed by atoms with Crippen molar-refractivity contribution < 1.29 is 29.3 Å². The van der Waals surface area contributed by atoms with Crippen molar-refractivity contribution >= 4 is 17.8 Å². The molecule has 1 rings (SSSR count). The van der Waals surface area contributed by atoms with E-state index in [2.05, 4.69) is 17.6 Å². The standard InChI is InChI=1S/C19H34N2O6/c1-12(2)17(25)21-16(18(26)20-10-7-15(23)24)13(3)27-11-19(4)8-5-14(22)6-9-19/h12-14,16,22H,5-11H2,1-4H3,(H,20,26)(H,21,25)(H,23,24)/t13?,14?,16-,19?/m0/s1. The quantitative estimate of drug-likeness (QED) is 0.445. The highest BCUT2D eigenvalue weighted by atomic mass is 16.5. The summed E-state index contributed by atoms with van der Waals surface area (Å²) >= 11 is 0. The molecule has 0 bridgehead atoms. The Morgan fingerprint density at radius 2 is 1.74 bits per heavy atom. The SMILES string of the molecule is CC(C)C(=O)N[C@H](C(=O)NCCC(=O)O)C(C)OCC1(C)CCC(O)CC1. The number of ether oxygens (including phenoxy) is 1. The molecule has 0 aliphatic heterocycles. The third-order valence-corrected chi connectivity index (χ3v) is 5.07. The van der Waals surface area contributed by atoms with Crippen LogP contribution in [0.25, 0.3) is 0 Å². The first-order chi connectivity index (χ1) is 12.5. The molecule has 4 N–H and O–H groups in total. The first-order valence-corrected chi connectivity index (χ1v) is 9.63. The average molecular weight is 386 g/mol. The number of aliphatic carboxylic acids is 1. The van der Waals surface area contributed by atoms with Crippen LogP contribution < -0.4 is 10.6 Å². The molecule has 27 heavy (non-hydrogen) atoms. The second kappa shape index (κ2) is 10.6. The third-order valence-electron chi connectivity index (χ3n) is 5.07. The van der Waals surface area contributed by atoms with E-state index >= 15 is 0 Å². The molecular weight excluding hydrogens is 352 g/mol. The van der Waals surface area contributed by atoms with Crippen LogP contribution in [0.5, 0.6) is 0 Å². The van der Waals surface area contributed by atoms with E-state index in [9.17, 15) is 19.5 Å². The molecule has 1 fully saturated rings. The largest absolute Gasteiger partial charge is 0.481 e. The fourth-order valence-corrected chi connectivity index (χ4v) is 2.99. The zero-order valence-electron chi connectivity index (χ0n) is 16.8. The van der Waals surface area contributed by atoms with Crippen LogP contribution in [0.2, 0.25) is 0 Å². The summed E-state index contributed by atoms with van der Waals surface area (Å²) in [7, 11) is 0. The van der Waals surface area contributed by atoms with Gasteiger partial charge in [-0.15, -0.1) is 0 Å². The van der Waals surface area contributed by atoms with Gasteiger partial charge in [-0.2, -0.15) is 0 Å². The van der Waals surface area contributed by atoms with Gasteiger partial charge < -0.3 is 25.6 Å². The molecule has 0 heterocycles. The maximum Gasteiger partial charge on any atom is 0.305 e. The van der Waals surface area contributed by atoms with E-state index < -0.39 is 24.0 Å². The Bertz CT molecular complexity index is 514. The molecule has 0 spiro atoms. The summed E-state index contributed by atoms with van der Waals surface area (Å²) in [6.07, 6.45) is 2.14. The number of aliphatic hydroxyl groups excluding tert-OH is 1. The van der Waals surface area contributed by atoms with Crippen LogP contribution in [-0.2, 0) is 19.1 Å². The molecule has 8 nitrogen and oxygen atoms in total. The van der Waals surface area contributed by atoms with Crippen molar-refractivity contribution in [2.75, 3.05) is 13.2 Å². The van der Waals surface area contributed by atoms with Gasteiger partial charge in [0.15, 0.2) is 0 Å². The Kier molecular flexibility index (Phi) is 9.18. The van der Waals surface area contributed by atoms with E-state index in [0.29, 0.717) is 6.61 Å². The van der Waals surface area contributed by atoms with Gasteiger partial charge in [0.2, 0.25) is 11.8 Å². The van der Waals surface area contributed by atoms with Gasteiger partial charge in [0.1, 0.15) is 6.04 Å². The van der Waals surface area contributed by atoms with Crippen molar-refractivity contribution in [2.45, 2.75) is 78.0 Å². The van der Waals surface area contributed by atoms with E-state index in [-0.39, 0.29) is 36.3 Å². The predicted octanol–water partition coefficient (Wildman–Crippen LogP) is 1.06. The molecule has 1 saturated carbocycles. The molecule has 1 aliphatic rings. The van der Waals surface area contributed by atoms with E-state index in [4.69, 9.17) is 9.84 Å². The lowest BCUT2D eigenvalue weighted by Crippen LogP contribution is -2.54. The van der Waals surface area contributed by atoms with Crippen LogP contribution >= 0.6 is 0 Å². The summed E-state index contributed by atoms with van der Waals surface area (Å²) in [4.78, 5) is 35.2. The lowest BCUT2D eigenvalue weighted by Gasteiger charge is -2.37. The third kappa shape index (κ3) is 8.26. The van der Waals surface area contributed by atoms with Gasteiger partial charge >= 0.3 is 5.97 Å². The van der Waals surface area contributed by atoms with Gasteiger partial charge in [-0.3, -0.25) is 14.4 Å². The fraction of sp³-hybridized carbons (Fsp3) is 0.842. The fourth-order valence-electron chi connectivity index (χ4n) is 2.99. The van der Waals surface area contributed by atoms with E-state index in [0.717, 1.165) is 25.7 Å². The van der Waals surface area contributed by atoms with Crippen molar-refractivity contribution in [3.63, 3.8) is 0 Å². The number of nitrogens with one attached hydrogen (secondary N) is 2. The van der Waals surface area contributed by atoms with Crippen molar-refractivity contribution in [3.05, 3.63) is 0 Å². The lowest BCUT2D eigenvalue weighted by atomic mass is 9.75. The predicted molar refractivity (Wildman–Crippen MR) is 100 cm³/mol. The van der Waals surface area contributed by atoms with Gasteiger partial charge in [0.25, 0.3) is 0 Å². The minimum absolute atomic E-state index is 0.00939. The van der Waals surface area contributed by atoms with Gasteiger partial charge in [-0.05, 0) is 38.0 Å². The van der Waals surface area contributed by atoms with Gasteiger partial charge in [-0.25, -0.2) is 0 Å². The molecule has 0 saturated heterocycles. The number of carbonyl (C=O) groups is 3. The number of carboxylic acid groups (broad SMARTS) is 1. The highest BCUT2D eigenvalue weighted by molar-refractivity contribution is 5.88. The van der Waals surface area contributed by atoms with Crippen LogP contribution in [0.3, 0.4) is 0 Å². The van der Waals surface area contributed by atoms with Crippen LogP contribution in [0.15, 0.2) is 0 Å². The molecule has 1 unspecified atom stereocenters. The van der Waals surface area contributed by atoms with Crippen molar-refractivity contribution in [1.29, 1.82) is 0 Å². The Morgan fingerprint density at radius 1 is 1.15 bits per heavy atom. The molecule has 0 radical (unpaired) electrons. The monoisotopic (exact) mass is 386 g/mol. The van der Waals surface area contributed by atoms with Gasteiger partial charge in [0, 0.05) is 12.5 Å². The van der Waals surface area contributed by atoms with E-state index in [1.54, 1.807) is 20.8 Å². The highest BCUT2D eigenvalue weighted by Gasteiger charge is 2.34. The molecule has 1 aliphatic carbocycles. The molecule has 0 aromatic rings. The number of aliphatic hydroxyl groups is 1. The Balaban J connectivity index is 2.67. The second-order valence-electron chi connectivity index (χ2n) is 8.13. The normalized spacial score (nSPS) is 24.9. The van der Waals surface area contributed by atoms with Crippen molar-refractivity contribution in [3.8, 4) is 0 Å². The minimum atomic E-state index is -1.00. The van der Waals surface area contributed by atoms with Gasteiger partial charge in [0.05, 0.1) is 25.2 Å². The topological polar surface area (TPSA) is 125 Å². The molecule has 0 aromatic carbocycles. The van der Waals surface area contributed by atoms with Crippen molar-refractivity contribution in [2.24, 2.45) is 11.3 Å². The summed E-state index contributed by atoms with van der Waals surface area (Å²) in [5.41, 5.74) is -0.0696.